The molecule has 8 heteroatoms. The van der Waals surface area contributed by atoms with Gasteiger partial charge in [0.15, 0.2) is 5.96 Å². The molecular formula is C20H33IN4O3. The summed E-state index contributed by atoms with van der Waals surface area (Å²) in [5.41, 5.74) is 0. The Labute approximate surface area is 184 Å². The standard InChI is InChI=1S/C20H32N4O3.HI/c1-26-20(25)24-13-10-17(11-14-24)23-19(22-16-6-3-2-4-7-16)21-12-9-18-8-5-15-27-18;/h5,8,15-17H,2-4,6-7,9-14H2,1H3,(H2,21,22,23);1H. The molecule has 0 aromatic carbocycles. The van der Waals surface area contributed by atoms with E-state index in [0.29, 0.717) is 31.7 Å². The lowest BCUT2D eigenvalue weighted by Crippen LogP contribution is -2.52. The van der Waals surface area contributed by atoms with E-state index in [2.05, 4.69) is 10.6 Å². The van der Waals surface area contributed by atoms with Crippen LogP contribution in [0.1, 0.15) is 50.7 Å². The molecule has 1 aliphatic heterocycles. The molecule has 2 fully saturated rings. The Balaban J connectivity index is 0.00000280. The smallest absolute Gasteiger partial charge is 0.409 e. The number of furan rings is 1. The summed E-state index contributed by atoms with van der Waals surface area (Å²) in [5, 5.41) is 7.22. The van der Waals surface area contributed by atoms with Gasteiger partial charge in [-0.25, -0.2) is 4.79 Å². The second-order valence-electron chi connectivity index (χ2n) is 7.41. The summed E-state index contributed by atoms with van der Waals surface area (Å²) in [6, 6.07) is 4.72. The number of likely N-dealkylation sites (tertiary alicyclic amines) is 1. The van der Waals surface area contributed by atoms with Gasteiger partial charge in [-0.05, 0) is 37.8 Å². The van der Waals surface area contributed by atoms with Gasteiger partial charge in [0.1, 0.15) is 5.76 Å². The predicted molar refractivity (Wildman–Crippen MR) is 120 cm³/mol. The molecule has 7 nitrogen and oxygen atoms in total. The van der Waals surface area contributed by atoms with Crippen LogP contribution in [0.3, 0.4) is 0 Å². The predicted octanol–water partition coefficient (Wildman–Crippen LogP) is 3.54. The molecule has 0 spiro atoms. The second-order valence-corrected chi connectivity index (χ2v) is 7.41. The van der Waals surface area contributed by atoms with E-state index in [9.17, 15) is 4.79 Å². The maximum absolute atomic E-state index is 11.7. The zero-order chi connectivity index (χ0) is 18.9. The molecule has 1 saturated carbocycles. The van der Waals surface area contributed by atoms with Crippen LogP contribution < -0.4 is 10.6 Å². The van der Waals surface area contributed by atoms with E-state index in [1.807, 2.05) is 12.1 Å². The quantitative estimate of drug-likeness (QED) is 0.365. The van der Waals surface area contributed by atoms with Crippen molar-refractivity contribution in [3.05, 3.63) is 24.2 Å². The first-order valence-corrected chi connectivity index (χ1v) is 10.2. The Morgan fingerprint density at radius 2 is 1.86 bits per heavy atom. The number of methoxy groups -OCH3 is 1. The topological polar surface area (TPSA) is 79.1 Å². The van der Waals surface area contributed by atoms with Crippen molar-refractivity contribution in [1.29, 1.82) is 0 Å². The minimum atomic E-state index is -0.235. The highest BCUT2D eigenvalue weighted by Crippen LogP contribution is 2.17. The monoisotopic (exact) mass is 504 g/mol. The lowest BCUT2D eigenvalue weighted by Gasteiger charge is -2.33. The van der Waals surface area contributed by atoms with Gasteiger partial charge >= 0.3 is 6.09 Å². The summed E-state index contributed by atoms with van der Waals surface area (Å²) >= 11 is 0. The van der Waals surface area contributed by atoms with Crippen LogP contribution in [0.4, 0.5) is 4.79 Å². The van der Waals surface area contributed by atoms with E-state index >= 15 is 0 Å². The minimum absolute atomic E-state index is 0. The van der Waals surface area contributed by atoms with Crippen LogP contribution in [0, 0.1) is 0 Å². The first-order valence-electron chi connectivity index (χ1n) is 10.2. The Hall–Kier alpha value is -1.45. The number of ether oxygens (including phenoxy) is 1. The molecule has 1 aromatic rings. The van der Waals surface area contributed by atoms with Gasteiger partial charge in [0.25, 0.3) is 0 Å². The number of rotatable bonds is 5. The molecular weight excluding hydrogens is 471 g/mol. The number of nitrogens with one attached hydrogen (secondary N) is 2. The summed E-state index contributed by atoms with van der Waals surface area (Å²) in [7, 11) is 1.44. The van der Waals surface area contributed by atoms with Crippen molar-refractivity contribution >= 4 is 36.0 Å². The fourth-order valence-electron chi connectivity index (χ4n) is 3.83. The highest BCUT2D eigenvalue weighted by Gasteiger charge is 2.24. The second kappa shape index (κ2) is 12.2. The average Bonchev–Trinajstić information content (AvgIpc) is 3.22. The Kier molecular flexibility index (Phi) is 9.94. The van der Waals surface area contributed by atoms with Crippen LogP contribution in [0.25, 0.3) is 0 Å². The third kappa shape index (κ3) is 7.18. The third-order valence-electron chi connectivity index (χ3n) is 5.42. The van der Waals surface area contributed by atoms with Gasteiger partial charge in [-0.2, -0.15) is 0 Å². The Morgan fingerprint density at radius 1 is 1.18 bits per heavy atom. The van der Waals surface area contributed by atoms with E-state index in [1.165, 1.54) is 39.2 Å². The molecule has 1 saturated heterocycles. The van der Waals surface area contributed by atoms with Crippen LogP contribution >= 0.6 is 24.0 Å². The van der Waals surface area contributed by atoms with Crippen LogP contribution in [0.15, 0.2) is 27.8 Å². The van der Waals surface area contributed by atoms with E-state index in [4.69, 9.17) is 14.1 Å². The van der Waals surface area contributed by atoms with Gasteiger partial charge < -0.3 is 24.7 Å². The van der Waals surface area contributed by atoms with Gasteiger partial charge in [-0.15, -0.1) is 24.0 Å². The van der Waals surface area contributed by atoms with Crippen molar-refractivity contribution in [2.75, 3.05) is 26.7 Å². The number of halogens is 1. The number of amides is 1. The largest absolute Gasteiger partial charge is 0.469 e. The van der Waals surface area contributed by atoms with Crippen LogP contribution in [-0.2, 0) is 11.2 Å². The number of nitrogens with zero attached hydrogens (tertiary/aromatic N) is 2. The van der Waals surface area contributed by atoms with Crippen molar-refractivity contribution in [3.8, 4) is 0 Å². The summed E-state index contributed by atoms with van der Waals surface area (Å²) in [6.07, 6.45) is 10.4. The normalized spacial score (nSPS) is 19.0. The maximum atomic E-state index is 11.7. The highest BCUT2D eigenvalue weighted by atomic mass is 127. The molecule has 28 heavy (non-hydrogen) atoms. The van der Waals surface area contributed by atoms with Gasteiger partial charge in [0.2, 0.25) is 0 Å². The zero-order valence-electron chi connectivity index (χ0n) is 16.7. The molecule has 1 aromatic heterocycles. The number of carbonyl (C=O) groups excluding carboxylic acids is 1. The molecule has 158 valence electrons. The summed E-state index contributed by atoms with van der Waals surface area (Å²) in [5.74, 6) is 1.85. The Morgan fingerprint density at radius 3 is 2.46 bits per heavy atom. The first-order chi connectivity index (χ1) is 13.2. The number of carbonyl (C=O) groups is 1. The SMILES string of the molecule is COC(=O)N1CCC(NC(=NCCc2ccco2)NC2CCCCC2)CC1.I. The molecule has 2 heterocycles. The lowest BCUT2D eigenvalue weighted by atomic mass is 9.95. The Bertz CT molecular complexity index is 595. The number of hydrogen-bond acceptors (Lipinski definition) is 4. The van der Waals surface area contributed by atoms with Crippen molar-refractivity contribution in [1.82, 2.24) is 15.5 Å². The minimum Gasteiger partial charge on any atom is -0.469 e. The highest BCUT2D eigenvalue weighted by molar-refractivity contribution is 14.0. The van der Waals surface area contributed by atoms with Crippen molar-refractivity contribution in [2.45, 2.75) is 63.5 Å². The van der Waals surface area contributed by atoms with Crippen LogP contribution in [-0.4, -0.2) is 55.8 Å². The number of piperidine rings is 1. The van der Waals surface area contributed by atoms with Gasteiger partial charge in [0, 0.05) is 38.1 Å². The van der Waals surface area contributed by atoms with Crippen molar-refractivity contribution in [2.24, 2.45) is 4.99 Å². The van der Waals surface area contributed by atoms with Gasteiger partial charge in [-0.1, -0.05) is 19.3 Å². The van der Waals surface area contributed by atoms with Crippen molar-refractivity contribution in [3.63, 3.8) is 0 Å². The van der Waals surface area contributed by atoms with Crippen LogP contribution in [0.2, 0.25) is 0 Å². The summed E-state index contributed by atoms with van der Waals surface area (Å²) in [4.78, 5) is 18.2. The van der Waals surface area contributed by atoms with Gasteiger partial charge in [-0.3, -0.25) is 4.99 Å². The van der Waals surface area contributed by atoms with Crippen molar-refractivity contribution < 1.29 is 13.9 Å². The number of guanidine groups is 1. The van der Waals surface area contributed by atoms with Gasteiger partial charge in [0.05, 0.1) is 13.4 Å². The molecule has 2 aliphatic rings. The lowest BCUT2D eigenvalue weighted by molar-refractivity contribution is 0.111. The fraction of sp³-hybridized carbons (Fsp3) is 0.700. The fourth-order valence-corrected chi connectivity index (χ4v) is 3.83. The molecule has 0 unspecified atom stereocenters. The average molecular weight is 504 g/mol. The molecule has 2 N–H and O–H groups in total. The summed E-state index contributed by atoms with van der Waals surface area (Å²) < 4.78 is 10.2. The number of aliphatic imine (C=N–C) groups is 1. The number of hydrogen-bond donors (Lipinski definition) is 2. The van der Waals surface area contributed by atoms with E-state index in [1.54, 1.807) is 11.2 Å². The third-order valence-corrected chi connectivity index (χ3v) is 5.42. The maximum Gasteiger partial charge on any atom is 0.409 e. The van der Waals surface area contributed by atoms with E-state index < -0.39 is 0 Å². The zero-order valence-corrected chi connectivity index (χ0v) is 19.0. The molecule has 3 rings (SSSR count). The van der Waals surface area contributed by atoms with E-state index in [-0.39, 0.29) is 30.1 Å². The first kappa shape index (κ1) is 22.8. The molecule has 1 aliphatic carbocycles. The summed E-state index contributed by atoms with van der Waals surface area (Å²) in [6.45, 7) is 2.12. The van der Waals surface area contributed by atoms with E-state index in [0.717, 1.165) is 31.0 Å². The van der Waals surface area contributed by atoms with Crippen LogP contribution in [0.5, 0.6) is 0 Å². The molecule has 0 radical (unpaired) electrons. The molecule has 0 atom stereocenters. The molecule has 1 amide bonds. The molecule has 0 bridgehead atoms.